The summed E-state index contributed by atoms with van der Waals surface area (Å²) >= 11 is 3.56. The van der Waals surface area contributed by atoms with Crippen molar-refractivity contribution in [3.63, 3.8) is 0 Å². The van der Waals surface area contributed by atoms with Gasteiger partial charge in [0.15, 0.2) is 0 Å². The molecule has 0 saturated carbocycles. The van der Waals surface area contributed by atoms with Gasteiger partial charge >= 0.3 is 0 Å². The standard InChI is InChI=1S/C19H21BrO/c1-13-4-6-14(7-5-13)19(21)11-10-18(2,3)17-12-15(20)8-9-16(17)19/h4-9,12,21H,10-11H2,1-3H3/t19-/m1/s1. The lowest BCUT2D eigenvalue weighted by molar-refractivity contribution is 0.0496. The zero-order valence-electron chi connectivity index (χ0n) is 12.8. The van der Waals surface area contributed by atoms with Crippen molar-refractivity contribution in [2.75, 3.05) is 0 Å². The molecule has 0 spiro atoms. The van der Waals surface area contributed by atoms with Crippen LogP contribution in [0.15, 0.2) is 46.9 Å². The molecule has 0 fully saturated rings. The zero-order valence-corrected chi connectivity index (χ0v) is 14.4. The van der Waals surface area contributed by atoms with Gasteiger partial charge < -0.3 is 5.11 Å². The molecule has 2 aromatic rings. The molecular formula is C19H21BrO. The van der Waals surface area contributed by atoms with E-state index in [2.05, 4.69) is 73.1 Å². The van der Waals surface area contributed by atoms with Crippen LogP contribution in [-0.2, 0) is 11.0 Å². The van der Waals surface area contributed by atoms with Gasteiger partial charge in [-0.25, -0.2) is 0 Å². The van der Waals surface area contributed by atoms with Crippen LogP contribution in [0.1, 0.15) is 48.9 Å². The van der Waals surface area contributed by atoms with Crippen LogP contribution < -0.4 is 0 Å². The molecule has 0 aromatic heterocycles. The molecule has 1 N–H and O–H groups in total. The average molecular weight is 345 g/mol. The fourth-order valence-electron chi connectivity index (χ4n) is 3.33. The molecule has 0 amide bonds. The number of rotatable bonds is 1. The van der Waals surface area contributed by atoms with Crippen molar-refractivity contribution in [2.24, 2.45) is 0 Å². The van der Waals surface area contributed by atoms with Crippen molar-refractivity contribution in [1.29, 1.82) is 0 Å². The van der Waals surface area contributed by atoms with E-state index < -0.39 is 5.60 Å². The zero-order chi connectivity index (χ0) is 15.3. The van der Waals surface area contributed by atoms with Gasteiger partial charge in [0.2, 0.25) is 0 Å². The molecule has 0 radical (unpaired) electrons. The summed E-state index contributed by atoms with van der Waals surface area (Å²) in [5, 5.41) is 11.4. The first kappa shape index (κ1) is 14.8. The fourth-order valence-corrected chi connectivity index (χ4v) is 3.69. The molecule has 2 aromatic carbocycles. The van der Waals surface area contributed by atoms with Crippen LogP contribution in [0.25, 0.3) is 0 Å². The van der Waals surface area contributed by atoms with Gasteiger partial charge in [0.25, 0.3) is 0 Å². The van der Waals surface area contributed by atoms with Crippen LogP contribution in [0, 0.1) is 6.92 Å². The summed E-state index contributed by atoms with van der Waals surface area (Å²) < 4.78 is 1.07. The molecule has 0 heterocycles. The Balaban J connectivity index is 2.20. The maximum absolute atomic E-state index is 11.4. The van der Waals surface area contributed by atoms with Crippen LogP contribution in [0.4, 0.5) is 0 Å². The molecule has 0 saturated heterocycles. The Labute approximate surface area is 135 Å². The highest BCUT2D eigenvalue weighted by Gasteiger charge is 2.42. The third-order valence-electron chi connectivity index (χ3n) is 4.80. The summed E-state index contributed by atoms with van der Waals surface area (Å²) in [5.74, 6) is 0. The lowest BCUT2D eigenvalue weighted by Crippen LogP contribution is -2.38. The minimum absolute atomic E-state index is 0.0933. The molecule has 110 valence electrons. The van der Waals surface area contributed by atoms with Gasteiger partial charge in [-0.3, -0.25) is 0 Å². The van der Waals surface area contributed by atoms with Crippen molar-refractivity contribution >= 4 is 15.9 Å². The smallest absolute Gasteiger partial charge is 0.115 e. The number of aryl methyl sites for hydroxylation is 1. The summed E-state index contributed by atoms with van der Waals surface area (Å²) in [6.07, 6.45) is 1.73. The molecule has 21 heavy (non-hydrogen) atoms. The summed E-state index contributed by atoms with van der Waals surface area (Å²) in [4.78, 5) is 0. The normalized spacial score (nSPS) is 23.7. The van der Waals surface area contributed by atoms with Crippen LogP contribution >= 0.6 is 15.9 Å². The predicted octanol–water partition coefficient (Wildman–Crippen LogP) is 5.06. The van der Waals surface area contributed by atoms with Gasteiger partial charge in [0.05, 0.1) is 0 Å². The first-order chi connectivity index (χ1) is 9.83. The van der Waals surface area contributed by atoms with Crippen molar-refractivity contribution in [1.82, 2.24) is 0 Å². The van der Waals surface area contributed by atoms with Gasteiger partial charge in [-0.2, -0.15) is 0 Å². The van der Waals surface area contributed by atoms with Crippen molar-refractivity contribution in [2.45, 2.75) is 44.6 Å². The molecule has 0 bridgehead atoms. The Kier molecular flexibility index (Phi) is 3.50. The Morgan fingerprint density at radius 1 is 0.952 bits per heavy atom. The van der Waals surface area contributed by atoms with Gasteiger partial charge in [0.1, 0.15) is 5.60 Å². The Hall–Kier alpha value is -1.12. The van der Waals surface area contributed by atoms with E-state index in [0.717, 1.165) is 28.4 Å². The van der Waals surface area contributed by atoms with Crippen LogP contribution in [0.3, 0.4) is 0 Å². The van der Waals surface area contributed by atoms with Crippen LogP contribution in [0.2, 0.25) is 0 Å². The van der Waals surface area contributed by atoms with Crippen molar-refractivity contribution in [3.8, 4) is 0 Å². The molecule has 3 rings (SSSR count). The average Bonchev–Trinajstić information content (AvgIpc) is 2.44. The molecule has 2 heteroatoms. The van der Waals surface area contributed by atoms with E-state index in [1.165, 1.54) is 11.1 Å². The maximum atomic E-state index is 11.4. The van der Waals surface area contributed by atoms with E-state index in [1.54, 1.807) is 0 Å². The largest absolute Gasteiger partial charge is 0.380 e. The van der Waals surface area contributed by atoms with E-state index in [9.17, 15) is 5.11 Å². The molecule has 0 aliphatic heterocycles. The topological polar surface area (TPSA) is 20.2 Å². The van der Waals surface area contributed by atoms with Crippen LogP contribution in [0.5, 0.6) is 0 Å². The Morgan fingerprint density at radius 2 is 1.62 bits per heavy atom. The van der Waals surface area contributed by atoms with E-state index in [1.807, 2.05) is 6.07 Å². The quantitative estimate of drug-likeness (QED) is 0.766. The molecule has 1 nitrogen and oxygen atoms in total. The molecule has 0 unspecified atom stereocenters. The van der Waals surface area contributed by atoms with E-state index in [4.69, 9.17) is 0 Å². The minimum atomic E-state index is -0.876. The van der Waals surface area contributed by atoms with Gasteiger partial charge in [-0.05, 0) is 54.0 Å². The second-order valence-electron chi connectivity index (χ2n) is 6.80. The molecule has 1 atom stereocenters. The predicted molar refractivity (Wildman–Crippen MR) is 90.6 cm³/mol. The van der Waals surface area contributed by atoms with E-state index in [-0.39, 0.29) is 5.41 Å². The fraction of sp³-hybridized carbons (Fsp3) is 0.368. The Morgan fingerprint density at radius 3 is 2.29 bits per heavy atom. The third-order valence-corrected chi connectivity index (χ3v) is 5.29. The molecular weight excluding hydrogens is 324 g/mol. The monoisotopic (exact) mass is 344 g/mol. The van der Waals surface area contributed by atoms with E-state index >= 15 is 0 Å². The van der Waals surface area contributed by atoms with Gasteiger partial charge in [0, 0.05) is 4.47 Å². The lowest BCUT2D eigenvalue weighted by Gasteiger charge is -2.43. The van der Waals surface area contributed by atoms with Crippen LogP contribution in [-0.4, -0.2) is 5.11 Å². The number of halogens is 1. The van der Waals surface area contributed by atoms with Gasteiger partial charge in [-0.1, -0.05) is 65.7 Å². The number of aliphatic hydroxyl groups is 1. The lowest BCUT2D eigenvalue weighted by atomic mass is 9.65. The molecule has 1 aliphatic carbocycles. The highest BCUT2D eigenvalue weighted by atomic mass is 79.9. The van der Waals surface area contributed by atoms with Crippen molar-refractivity contribution in [3.05, 3.63) is 69.2 Å². The number of fused-ring (bicyclic) bond motifs is 1. The maximum Gasteiger partial charge on any atom is 0.115 e. The highest BCUT2D eigenvalue weighted by Crippen LogP contribution is 2.48. The second-order valence-corrected chi connectivity index (χ2v) is 7.72. The summed E-state index contributed by atoms with van der Waals surface area (Å²) in [7, 11) is 0. The minimum Gasteiger partial charge on any atom is -0.380 e. The summed E-state index contributed by atoms with van der Waals surface area (Å²) in [6, 6.07) is 14.5. The first-order valence-electron chi connectivity index (χ1n) is 7.43. The van der Waals surface area contributed by atoms with Crippen molar-refractivity contribution < 1.29 is 5.11 Å². The summed E-state index contributed by atoms with van der Waals surface area (Å²) in [5.41, 5.74) is 3.72. The number of benzene rings is 2. The molecule has 1 aliphatic rings. The third kappa shape index (κ3) is 2.45. The summed E-state index contributed by atoms with van der Waals surface area (Å²) in [6.45, 7) is 6.59. The Bertz CT molecular complexity index is 672. The second kappa shape index (κ2) is 4.96. The van der Waals surface area contributed by atoms with E-state index in [0.29, 0.717) is 0 Å². The number of hydrogen-bond acceptors (Lipinski definition) is 1. The SMILES string of the molecule is Cc1ccc([C@]2(O)CCC(C)(C)c3cc(Br)ccc32)cc1. The highest BCUT2D eigenvalue weighted by molar-refractivity contribution is 9.10. The van der Waals surface area contributed by atoms with Gasteiger partial charge in [-0.15, -0.1) is 0 Å². The number of hydrogen-bond donors (Lipinski definition) is 1. The first-order valence-corrected chi connectivity index (χ1v) is 8.22.